The van der Waals surface area contributed by atoms with Crippen LogP contribution in [0.3, 0.4) is 0 Å². The highest BCUT2D eigenvalue weighted by Gasteiger charge is 2.20. The summed E-state index contributed by atoms with van der Waals surface area (Å²) in [5.74, 6) is 1.45. The van der Waals surface area contributed by atoms with E-state index in [1.54, 1.807) is 4.68 Å². The molecule has 1 amide bonds. The lowest BCUT2D eigenvalue weighted by atomic mass is 10.1. The summed E-state index contributed by atoms with van der Waals surface area (Å²) >= 11 is 0. The number of carbonyl (C=O) groups is 1. The molecule has 3 N–H and O–H groups in total. The Bertz CT molecular complexity index is 659. The van der Waals surface area contributed by atoms with Gasteiger partial charge in [0, 0.05) is 5.69 Å². The number of aryl methyl sites for hydroxylation is 2. The molecule has 1 aromatic carbocycles. The number of nitrogens with zero attached hydrogens (tertiary/aromatic N) is 3. The molecule has 0 spiro atoms. The number of hydrogen-bond donors (Lipinski definition) is 2. The largest absolute Gasteiger partial charge is 0.397 e. The van der Waals surface area contributed by atoms with Crippen molar-refractivity contribution in [3.63, 3.8) is 0 Å². The quantitative estimate of drug-likeness (QED) is 0.730. The average molecular weight is 243 g/mol. The fourth-order valence-corrected chi connectivity index (χ4v) is 2.21. The van der Waals surface area contributed by atoms with Crippen LogP contribution in [-0.4, -0.2) is 20.7 Å². The first kappa shape index (κ1) is 10.8. The first-order valence-corrected chi connectivity index (χ1v) is 5.67. The number of fused-ring (bicyclic) bond motifs is 1. The van der Waals surface area contributed by atoms with E-state index in [1.165, 1.54) is 0 Å². The molecule has 2 heterocycles. The second kappa shape index (κ2) is 3.56. The summed E-state index contributed by atoms with van der Waals surface area (Å²) in [6.45, 7) is 3.69. The summed E-state index contributed by atoms with van der Waals surface area (Å²) in [7, 11) is 0. The molecule has 1 aliphatic heterocycles. The van der Waals surface area contributed by atoms with Crippen molar-refractivity contribution in [2.75, 3.05) is 11.1 Å². The molecular weight excluding hydrogens is 230 g/mol. The van der Waals surface area contributed by atoms with Crippen LogP contribution in [0.15, 0.2) is 12.1 Å². The molecule has 0 radical (unpaired) electrons. The van der Waals surface area contributed by atoms with Crippen LogP contribution in [0.2, 0.25) is 0 Å². The molecular formula is C12H13N5O. The Morgan fingerprint density at radius 2 is 2.17 bits per heavy atom. The van der Waals surface area contributed by atoms with Crippen LogP contribution in [0.4, 0.5) is 11.4 Å². The zero-order valence-electron chi connectivity index (χ0n) is 10.2. The van der Waals surface area contributed by atoms with Crippen molar-refractivity contribution in [2.24, 2.45) is 0 Å². The van der Waals surface area contributed by atoms with Crippen LogP contribution in [0, 0.1) is 13.8 Å². The Hall–Kier alpha value is -2.37. The van der Waals surface area contributed by atoms with Gasteiger partial charge < -0.3 is 11.1 Å². The third-order valence-electron chi connectivity index (χ3n) is 2.98. The van der Waals surface area contributed by atoms with Crippen LogP contribution in [0.1, 0.15) is 17.2 Å². The zero-order valence-corrected chi connectivity index (χ0v) is 10.2. The molecule has 0 fully saturated rings. The van der Waals surface area contributed by atoms with Crippen molar-refractivity contribution >= 4 is 17.3 Å². The van der Waals surface area contributed by atoms with E-state index < -0.39 is 0 Å². The Morgan fingerprint density at radius 1 is 1.39 bits per heavy atom. The minimum Gasteiger partial charge on any atom is -0.397 e. The SMILES string of the molecule is Cc1nc(C)n(-c2cc3c(cc2N)CC(=O)N3)n1. The number of hydrogen-bond acceptors (Lipinski definition) is 4. The fourth-order valence-electron chi connectivity index (χ4n) is 2.21. The van der Waals surface area contributed by atoms with Gasteiger partial charge in [0.2, 0.25) is 5.91 Å². The van der Waals surface area contributed by atoms with Gasteiger partial charge in [0.1, 0.15) is 11.6 Å². The maximum atomic E-state index is 11.3. The van der Waals surface area contributed by atoms with E-state index in [0.29, 0.717) is 17.9 Å². The van der Waals surface area contributed by atoms with Crippen molar-refractivity contribution in [1.82, 2.24) is 14.8 Å². The minimum absolute atomic E-state index is 0.00644. The third-order valence-corrected chi connectivity index (χ3v) is 2.98. The van der Waals surface area contributed by atoms with Crippen molar-refractivity contribution in [3.05, 3.63) is 29.3 Å². The van der Waals surface area contributed by atoms with E-state index in [-0.39, 0.29) is 5.91 Å². The lowest BCUT2D eigenvalue weighted by Crippen LogP contribution is -2.05. The van der Waals surface area contributed by atoms with Crippen molar-refractivity contribution in [1.29, 1.82) is 0 Å². The molecule has 92 valence electrons. The average Bonchev–Trinajstić information content (AvgIpc) is 2.79. The predicted molar refractivity (Wildman–Crippen MR) is 67.6 cm³/mol. The topological polar surface area (TPSA) is 85.8 Å². The van der Waals surface area contributed by atoms with Crippen LogP contribution in [0.5, 0.6) is 0 Å². The fraction of sp³-hybridized carbons (Fsp3) is 0.250. The van der Waals surface area contributed by atoms with Crippen molar-refractivity contribution in [2.45, 2.75) is 20.3 Å². The molecule has 2 aromatic rings. The molecule has 0 saturated carbocycles. The van der Waals surface area contributed by atoms with E-state index in [4.69, 9.17) is 5.73 Å². The first-order valence-electron chi connectivity index (χ1n) is 5.67. The summed E-state index contributed by atoms with van der Waals surface area (Å²) in [5, 5.41) is 7.10. The standard InChI is InChI=1S/C12H13N5O/c1-6-14-7(2)17(16-6)11-5-10-8(3-9(11)13)4-12(18)15-10/h3,5H,4,13H2,1-2H3,(H,15,18). The van der Waals surface area contributed by atoms with Gasteiger partial charge in [0.15, 0.2) is 0 Å². The Kier molecular flexibility index (Phi) is 2.13. The highest BCUT2D eigenvalue weighted by atomic mass is 16.1. The van der Waals surface area contributed by atoms with E-state index >= 15 is 0 Å². The second-order valence-corrected chi connectivity index (χ2v) is 4.41. The highest BCUT2D eigenvalue weighted by molar-refractivity contribution is 6.00. The lowest BCUT2D eigenvalue weighted by Gasteiger charge is -2.09. The summed E-state index contributed by atoms with van der Waals surface area (Å²) in [5.41, 5.74) is 9.09. The number of nitrogen functional groups attached to an aromatic ring is 1. The van der Waals surface area contributed by atoms with Crippen LogP contribution >= 0.6 is 0 Å². The number of aromatic nitrogens is 3. The van der Waals surface area contributed by atoms with Crippen LogP contribution in [-0.2, 0) is 11.2 Å². The van der Waals surface area contributed by atoms with E-state index in [2.05, 4.69) is 15.4 Å². The molecule has 6 heteroatoms. The Balaban J connectivity index is 2.17. The van der Waals surface area contributed by atoms with Gasteiger partial charge in [-0.1, -0.05) is 0 Å². The number of amides is 1. The van der Waals surface area contributed by atoms with Gasteiger partial charge in [-0.15, -0.1) is 0 Å². The maximum absolute atomic E-state index is 11.3. The van der Waals surface area contributed by atoms with Gasteiger partial charge in [-0.05, 0) is 31.5 Å². The number of rotatable bonds is 1. The lowest BCUT2D eigenvalue weighted by molar-refractivity contribution is -0.115. The van der Waals surface area contributed by atoms with Gasteiger partial charge in [-0.3, -0.25) is 4.79 Å². The van der Waals surface area contributed by atoms with Gasteiger partial charge in [0.05, 0.1) is 17.8 Å². The number of benzene rings is 1. The number of nitrogens with one attached hydrogen (secondary N) is 1. The van der Waals surface area contributed by atoms with Gasteiger partial charge in [-0.2, -0.15) is 5.10 Å². The third kappa shape index (κ3) is 1.54. The molecule has 0 saturated heterocycles. The Morgan fingerprint density at radius 3 is 2.83 bits per heavy atom. The van der Waals surface area contributed by atoms with Gasteiger partial charge >= 0.3 is 0 Å². The monoisotopic (exact) mass is 243 g/mol. The molecule has 1 aromatic heterocycles. The summed E-state index contributed by atoms with van der Waals surface area (Å²) in [6, 6.07) is 3.66. The molecule has 0 aliphatic carbocycles. The van der Waals surface area contributed by atoms with Crippen LogP contribution < -0.4 is 11.1 Å². The molecule has 0 atom stereocenters. The summed E-state index contributed by atoms with van der Waals surface area (Å²) < 4.78 is 1.69. The number of anilines is 2. The minimum atomic E-state index is -0.00644. The first-order chi connectivity index (χ1) is 8.54. The van der Waals surface area contributed by atoms with Gasteiger partial charge in [-0.25, -0.2) is 9.67 Å². The molecule has 18 heavy (non-hydrogen) atoms. The number of nitrogens with two attached hydrogens (primary N) is 1. The summed E-state index contributed by atoms with van der Waals surface area (Å²) in [6.07, 6.45) is 0.384. The Labute approximate surface area is 104 Å². The predicted octanol–water partition coefficient (Wildman–Crippen LogP) is 0.961. The molecule has 6 nitrogen and oxygen atoms in total. The van der Waals surface area contributed by atoms with E-state index in [0.717, 1.165) is 22.8 Å². The highest BCUT2D eigenvalue weighted by Crippen LogP contribution is 2.30. The smallest absolute Gasteiger partial charge is 0.228 e. The van der Waals surface area contributed by atoms with Crippen molar-refractivity contribution < 1.29 is 4.79 Å². The van der Waals surface area contributed by atoms with E-state index in [1.807, 2.05) is 26.0 Å². The van der Waals surface area contributed by atoms with E-state index in [9.17, 15) is 4.79 Å². The molecule has 1 aliphatic rings. The zero-order chi connectivity index (χ0) is 12.9. The molecule has 3 rings (SSSR count). The number of carbonyl (C=O) groups excluding carboxylic acids is 1. The normalized spacial score (nSPS) is 13.6. The summed E-state index contributed by atoms with van der Waals surface area (Å²) in [4.78, 5) is 15.6. The van der Waals surface area contributed by atoms with Gasteiger partial charge in [0.25, 0.3) is 0 Å². The molecule has 0 unspecified atom stereocenters. The second-order valence-electron chi connectivity index (χ2n) is 4.41. The maximum Gasteiger partial charge on any atom is 0.228 e. The van der Waals surface area contributed by atoms with Crippen LogP contribution in [0.25, 0.3) is 5.69 Å². The van der Waals surface area contributed by atoms with Crippen molar-refractivity contribution in [3.8, 4) is 5.69 Å². The molecule has 0 bridgehead atoms.